The van der Waals surface area contributed by atoms with Gasteiger partial charge in [-0.15, -0.1) is 10.2 Å². The van der Waals surface area contributed by atoms with E-state index in [0.29, 0.717) is 11.7 Å². The molecule has 7 heteroatoms. The highest BCUT2D eigenvalue weighted by Crippen LogP contribution is 2.28. The second-order valence-corrected chi connectivity index (χ2v) is 8.01. The highest BCUT2D eigenvalue weighted by atomic mass is 32.2. The van der Waals surface area contributed by atoms with Crippen molar-refractivity contribution in [1.82, 2.24) is 20.1 Å². The number of aryl methyl sites for hydroxylation is 1. The van der Waals surface area contributed by atoms with Gasteiger partial charge in [-0.1, -0.05) is 59.8 Å². The zero-order valence-corrected chi connectivity index (χ0v) is 17.2. The molecule has 0 aliphatic carbocycles. The van der Waals surface area contributed by atoms with Crippen LogP contribution in [0.5, 0.6) is 0 Å². The molecule has 0 spiro atoms. The van der Waals surface area contributed by atoms with Crippen molar-refractivity contribution < 1.29 is 9.53 Å². The molecular formula is C22H24N4O2S. The van der Waals surface area contributed by atoms with Gasteiger partial charge in [-0.25, -0.2) is 0 Å². The number of aromatic nitrogens is 3. The molecule has 6 nitrogen and oxygen atoms in total. The summed E-state index contributed by atoms with van der Waals surface area (Å²) < 4.78 is 7.56. The largest absolute Gasteiger partial charge is 0.376 e. The molecule has 1 saturated heterocycles. The average molecular weight is 409 g/mol. The lowest BCUT2D eigenvalue weighted by atomic mass is 10.1. The Balaban J connectivity index is 1.52. The van der Waals surface area contributed by atoms with Crippen molar-refractivity contribution in [2.24, 2.45) is 0 Å². The van der Waals surface area contributed by atoms with E-state index in [9.17, 15) is 4.79 Å². The first kappa shape index (κ1) is 19.7. The van der Waals surface area contributed by atoms with Gasteiger partial charge in [0.1, 0.15) is 0 Å². The monoisotopic (exact) mass is 408 g/mol. The molecule has 1 aromatic heterocycles. The van der Waals surface area contributed by atoms with Crippen LogP contribution in [-0.2, 0) is 9.53 Å². The number of nitrogens with zero attached hydrogens (tertiary/aromatic N) is 3. The Hall–Kier alpha value is -2.64. The van der Waals surface area contributed by atoms with E-state index < -0.39 is 0 Å². The van der Waals surface area contributed by atoms with Crippen molar-refractivity contribution in [2.45, 2.75) is 31.0 Å². The molecule has 1 N–H and O–H groups in total. The Morgan fingerprint density at radius 2 is 1.97 bits per heavy atom. The molecule has 3 aromatic rings. The fourth-order valence-corrected chi connectivity index (χ4v) is 4.06. The predicted octanol–water partition coefficient (Wildman–Crippen LogP) is 3.63. The Morgan fingerprint density at radius 3 is 2.69 bits per heavy atom. The molecule has 29 heavy (non-hydrogen) atoms. The van der Waals surface area contributed by atoms with Crippen LogP contribution in [-0.4, -0.2) is 45.7 Å². The molecule has 1 atom stereocenters. The highest BCUT2D eigenvalue weighted by Gasteiger charge is 2.19. The number of nitrogens with one attached hydrogen (secondary N) is 1. The zero-order chi connectivity index (χ0) is 20.1. The van der Waals surface area contributed by atoms with Gasteiger partial charge in [-0.05, 0) is 31.9 Å². The first-order valence-electron chi connectivity index (χ1n) is 9.79. The number of hydrogen-bond acceptors (Lipinski definition) is 5. The van der Waals surface area contributed by atoms with E-state index in [-0.39, 0.29) is 17.8 Å². The van der Waals surface area contributed by atoms with Crippen LogP contribution >= 0.6 is 11.8 Å². The Morgan fingerprint density at radius 1 is 1.17 bits per heavy atom. The second-order valence-electron chi connectivity index (χ2n) is 7.07. The molecule has 4 rings (SSSR count). The number of hydrogen-bond donors (Lipinski definition) is 1. The summed E-state index contributed by atoms with van der Waals surface area (Å²) in [7, 11) is 0. The average Bonchev–Trinajstić information content (AvgIpc) is 3.42. The van der Waals surface area contributed by atoms with Gasteiger partial charge in [0.2, 0.25) is 5.91 Å². The minimum atomic E-state index is -0.0232. The van der Waals surface area contributed by atoms with Crippen molar-refractivity contribution in [3.05, 3.63) is 60.2 Å². The molecule has 1 fully saturated rings. The first-order chi connectivity index (χ1) is 14.2. The van der Waals surface area contributed by atoms with Crippen molar-refractivity contribution in [3.63, 3.8) is 0 Å². The Labute approximate surface area is 174 Å². The lowest BCUT2D eigenvalue weighted by Gasteiger charge is -2.12. The number of para-hydroxylation sites is 1. The predicted molar refractivity (Wildman–Crippen MR) is 114 cm³/mol. The van der Waals surface area contributed by atoms with Gasteiger partial charge in [-0.2, -0.15) is 0 Å². The third-order valence-electron chi connectivity index (χ3n) is 4.84. The summed E-state index contributed by atoms with van der Waals surface area (Å²) in [5, 5.41) is 12.4. The van der Waals surface area contributed by atoms with Crippen LogP contribution in [0.4, 0.5) is 0 Å². The van der Waals surface area contributed by atoms with E-state index >= 15 is 0 Å². The van der Waals surface area contributed by atoms with Gasteiger partial charge in [0, 0.05) is 24.4 Å². The molecule has 0 unspecified atom stereocenters. The van der Waals surface area contributed by atoms with Crippen LogP contribution in [0.3, 0.4) is 0 Å². The number of carbonyl (C=O) groups excluding carboxylic acids is 1. The summed E-state index contributed by atoms with van der Waals surface area (Å²) in [4.78, 5) is 12.3. The molecule has 1 aliphatic rings. The molecule has 2 heterocycles. The normalized spacial score (nSPS) is 16.1. The minimum Gasteiger partial charge on any atom is -0.376 e. The van der Waals surface area contributed by atoms with Gasteiger partial charge in [0.05, 0.1) is 11.9 Å². The van der Waals surface area contributed by atoms with Gasteiger partial charge >= 0.3 is 0 Å². The molecule has 150 valence electrons. The standard InChI is InChI=1S/C22H24N4O2S/c1-16-9-11-17(12-10-16)21-24-25-22(26(21)18-6-3-2-4-7-18)29-15-20(27)23-14-19-8-5-13-28-19/h2-4,6-7,9-12,19H,5,8,13-15H2,1H3,(H,23,27)/t19-/m1/s1. The number of ether oxygens (including phenoxy) is 1. The number of thioether (sulfide) groups is 1. The van der Waals surface area contributed by atoms with E-state index in [4.69, 9.17) is 4.74 Å². The van der Waals surface area contributed by atoms with Crippen molar-refractivity contribution in [2.75, 3.05) is 18.9 Å². The molecule has 0 bridgehead atoms. The van der Waals surface area contributed by atoms with E-state index in [1.165, 1.54) is 17.3 Å². The lowest BCUT2D eigenvalue weighted by molar-refractivity contribution is -0.119. The quantitative estimate of drug-likeness (QED) is 0.605. The SMILES string of the molecule is Cc1ccc(-c2nnc(SCC(=O)NC[C@H]3CCCO3)n2-c2ccccc2)cc1. The maximum atomic E-state index is 12.3. The van der Waals surface area contributed by atoms with Crippen molar-refractivity contribution in [1.29, 1.82) is 0 Å². The summed E-state index contributed by atoms with van der Waals surface area (Å²) in [5.74, 6) is 1.02. The van der Waals surface area contributed by atoms with Crippen LogP contribution in [0, 0.1) is 6.92 Å². The van der Waals surface area contributed by atoms with Crippen molar-refractivity contribution in [3.8, 4) is 17.1 Å². The lowest BCUT2D eigenvalue weighted by Crippen LogP contribution is -2.32. The van der Waals surface area contributed by atoms with E-state index in [1.54, 1.807) is 0 Å². The Kier molecular flexibility index (Phi) is 6.27. The topological polar surface area (TPSA) is 69.0 Å². The van der Waals surface area contributed by atoms with Crippen LogP contribution in [0.1, 0.15) is 18.4 Å². The van der Waals surface area contributed by atoms with E-state index in [1.807, 2.05) is 47.0 Å². The fourth-order valence-electron chi connectivity index (χ4n) is 3.28. The number of rotatable bonds is 7. The summed E-state index contributed by atoms with van der Waals surface area (Å²) >= 11 is 1.39. The van der Waals surface area contributed by atoms with E-state index in [0.717, 1.165) is 36.5 Å². The van der Waals surface area contributed by atoms with Crippen LogP contribution in [0.15, 0.2) is 59.8 Å². The summed E-state index contributed by atoms with van der Waals surface area (Å²) in [5.41, 5.74) is 3.15. The molecular weight excluding hydrogens is 384 g/mol. The summed E-state index contributed by atoms with van der Waals surface area (Å²) in [6.45, 7) is 3.42. The Bertz CT molecular complexity index is 951. The molecule has 1 aliphatic heterocycles. The fraction of sp³-hybridized carbons (Fsp3) is 0.318. The summed E-state index contributed by atoms with van der Waals surface area (Å²) in [6.07, 6.45) is 2.22. The van der Waals surface area contributed by atoms with Crippen LogP contribution in [0.2, 0.25) is 0 Å². The maximum absolute atomic E-state index is 12.3. The third kappa shape index (κ3) is 4.86. The van der Waals surface area contributed by atoms with Gasteiger partial charge in [-0.3, -0.25) is 9.36 Å². The molecule has 2 aromatic carbocycles. The number of amides is 1. The first-order valence-corrected chi connectivity index (χ1v) is 10.8. The van der Waals surface area contributed by atoms with Gasteiger partial charge in [0.25, 0.3) is 0 Å². The number of carbonyl (C=O) groups is 1. The van der Waals surface area contributed by atoms with E-state index in [2.05, 4.69) is 34.6 Å². The third-order valence-corrected chi connectivity index (χ3v) is 5.77. The smallest absolute Gasteiger partial charge is 0.230 e. The molecule has 1 amide bonds. The van der Waals surface area contributed by atoms with Crippen molar-refractivity contribution >= 4 is 17.7 Å². The molecule has 0 saturated carbocycles. The maximum Gasteiger partial charge on any atom is 0.230 e. The van der Waals surface area contributed by atoms with Gasteiger partial charge in [0.15, 0.2) is 11.0 Å². The van der Waals surface area contributed by atoms with Crippen LogP contribution < -0.4 is 5.32 Å². The zero-order valence-electron chi connectivity index (χ0n) is 16.4. The second kappa shape index (κ2) is 9.24. The van der Waals surface area contributed by atoms with Gasteiger partial charge < -0.3 is 10.1 Å². The molecule has 0 radical (unpaired) electrons. The summed E-state index contributed by atoms with van der Waals surface area (Å²) in [6, 6.07) is 18.2. The number of benzene rings is 2. The highest BCUT2D eigenvalue weighted by molar-refractivity contribution is 7.99. The van der Waals surface area contributed by atoms with Crippen LogP contribution in [0.25, 0.3) is 17.1 Å². The minimum absolute atomic E-state index is 0.0232.